The number of nitrogens with zero attached hydrogens (tertiary/aromatic N) is 3. The van der Waals surface area contributed by atoms with Gasteiger partial charge in [-0.25, -0.2) is 5.84 Å². The van der Waals surface area contributed by atoms with Gasteiger partial charge in [0.15, 0.2) is 0 Å². The number of hydrogen-bond donors (Lipinski definition) is 1. The predicted octanol–water partition coefficient (Wildman–Crippen LogP) is 1.34. The first-order valence-corrected chi connectivity index (χ1v) is 6.54. The van der Waals surface area contributed by atoms with Gasteiger partial charge >= 0.3 is 0 Å². The molecule has 9 nitrogen and oxygen atoms in total. The van der Waals surface area contributed by atoms with E-state index in [1.165, 1.54) is 0 Å². The Hall–Kier alpha value is -2.75. The van der Waals surface area contributed by atoms with Crippen molar-refractivity contribution >= 4 is 27.3 Å². The Morgan fingerprint density at radius 3 is 2.23 bits per heavy atom. The van der Waals surface area contributed by atoms with Gasteiger partial charge < -0.3 is 5.11 Å². The number of benzene rings is 1. The van der Waals surface area contributed by atoms with Gasteiger partial charge in [-0.3, -0.25) is 20.2 Å². The summed E-state index contributed by atoms with van der Waals surface area (Å²) in [7, 11) is 0. The number of halogens is 1. The van der Waals surface area contributed by atoms with E-state index in [-0.39, 0.29) is 0 Å². The van der Waals surface area contributed by atoms with Crippen molar-refractivity contribution in [3.05, 3.63) is 66.9 Å². The highest BCUT2D eigenvalue weighted by atomic mass is 79.9. The number of nitrogen functional groups attached to an aromatic ring is 1. The second-order valence-electron chi connectivity index (χ2n) is 4.06. The highest BCUT2D eigenvalue weighted by Crippen LogP contribution is 2.27. The van der Waals surface area contributed by atoms with Crippen molar-refractivity contribution in [2.75, 3.05) is 5.84 Å². The van der Waals surface area contributed by atoms with E-state index in [0.717, 1.165) is 22.3 Å². The monoisotopic (exact) mass is 370 g/mol. The molecular weight excluding hydrogens is 360 g/mol. The normalized spacial score (nSPS) is 9.55. The molecule has 0 amide bonds. The molecule has 0 aliphatic rings. The van der Waals surface area contributed by atoms with Crippen molar-refractivity contribution in [1.29, 1.82) is 0 Å². The molecule has 10 heteroatoms. The average Bonchev–Trinajstić information content (AvgIpc) is 2.44. The predicted molar refractivity (Wildman–Crippen MR) is 78.4 cm³/mol. The molecule has 0 radical (unpaired) electrons. The van der Waals surface area contributed by atoms with Crippen LogP contribution in [0, 0.1) is 27.2 Å². The van der Waals surface area contributed by atoms with Gasteiger partial charge in [-0.15, -0.1) is 0 Å². The molecule has 0 aliphatic carbocycles. The van der Waals surface area contributed by atoms with E-state index in [9.17, 15) is 25.3 Å². The first-order valence-electron chi connectivity index (χ1n) is 5.75. The molecule has 0 fully saturated rings. The van der Waals surface area contributed by atoms with Crippen LogP contribution in [0.5, 0.6) is 5.75 Å². The van der Waals surface area contributed by atoms with Gasteiger partial charge in [0.2, 0.25) is 11.9 Å². The molecule has 2 rings (SSSR count). The van der Waals surface area contributed by atoms with Crippen LogP contribution >= 0.6 is 15.9 Å². The summed E-state index contributed by atoms with van der Waals surface area (Å²) in [4.78, 5) is 18.6. The number of non-ortho nitro benzene ring substituents is 1. The van der Waals surface area contributed by atoms with Crippen molar-refractivity contribution in [1.82, 2.24) is 0 Å². The number of nitro benzene ring substituents is 2. The van der Waals surface area contributed by atoms with E-state index >= 15 is 0 Å². The highest BCUT2D eigenvalue weighted by Gasteiger charge is 2.13. The fourth-order valence-corrected chi connectivity index (χ4v) is 1.68. The van der Waals surface area contributed by atoms with E-state index in [0.29, 0.717) is 6.07 Å². The van der Waals surface area contributed by atoms with Gasteiger partial charge in [-0.2, -0.15) is 0 Å². The minimum atomic E-state index is -0.949. The highest BCUT2D eigenvalue weighted by molar-refractivity contribution is 9.10. The van der Waals surface area contributed by atoms with Gasteiger partial charge in [-0.1, -0.05) is 10.7 Å². The topological polar surface area (TPSA) is 139 Å². The number of hydrogen-bond acceptors (Lipinski definition) is 6. The second kappa shape index (κ2) is 7.31. The van der Waals surface area contributed by atoms with Crippen molar-refractivity contribution in [2.45, 2.75) is 6.92 Å². The first kappa shape index (κ1) is 17.3. The summed E-state index contributed by atoms with van der Waals surface area (Å²) >= 11 is 3.30. The van der Waals surface area contributed by atoms with Crippen LogP contribution < -0.4 is 15.6 Å². The summed E-state index contributed by atoms with van der Waals surface area (Å²) in [6.07, 6.45) is 1.81. The summed E-state index contributed by atoms with van der Waals surface area (Å²) in [5, 5.41) is 31.1. The van der Waals surface area contributed by atoms with E-state index < -0.39 is 27.0 Å². The zero-order valence-corrected chi connectivity index (χ0v) is 12.9. The molecular formula is C12H11BrN4O5. The van der Waals surface area contributed by atoms with E-state index in [1.54, 1.807) is 4.68 Å². The molecule has 0 unspecified atom stereocenters. The lowest BCUT2D eigenvalue weighted by atomic mass is 10.2. The first-order chi connectivity index (χ1) is 10.2. The van der Waals surface area contributed by atoms with Gasteiger partial charge in [-0.05, 0) is 27.7 Å². The van der Waals surface area contributed by atoms with Crippen LogP contribution in [0.1, 0.15) is 5.69 Å². The average molecular weight is 371 g/mol. The molecule has 0 bridgehead atoms. The van der Waals surface area contributed by atoms with Gasteiger partial charge in [0.1, 0.15) is 0 Å². The molecule has 116 valence electrons. The SMILES string of the molecule is Cc1ccc(Br)c[n+]1N.O=[N+]([O-])c1ccc([O-])c([N+](=O)[O-])c1. The molecule has 0 atom stereocenters. The maximum absolute atomic E-state index is 10.8. The maximum atomic E-state index is 10.8. The van der Waals surface area contributed by atoms with Crippen LogP contribution in [-0.2, 0) is 0 Å². The summed E-state index contributed by atoms with van der Waals surface area (Å²) < 4.78 is 2.57. The molecule has 1 aromatic carbocycles. The molecule has 0 aliphatic heterocycles. The standard InChI is InChI=1S/C6H8BrN2.C6H4N2O5/c1-5-2-3-6(7)4-9(5)8;9-6-2-1-4(7(10)11)3-5(6)8(12)13/h2-4H,8H2,1H3;1-3,9H/q+1;/p-1. The Bertz CT molecular complexity index is 723. The van der Waals surface area contributed by atoms with Crippen molar-refractivity contribution < 1.29 is 19.6 Å². The fourth-order valence-electron chi connectivity index (χ4n) is 1.33. The second-order valence-corrected chi connectivity index (χ2v) is 4.98. The Morgan fingerprint density at radius 2 is 1.77 bits per heavy atom. The number of nitro groups is 2. The Balaban J connectivity index is 0.000000235. The lowest BCUT2D eigenvalue weighted by Crippen LogP contribution is -2.46. The zero-order valence-electron chi connectivity index (χ0n) is 11.3. The Labute approximate surface area is 133 Å². The molecule has 0 saturated carbocycles. The third-order valence-electron chi connectivity index (χ3n) is 2.50. The number of nitrogens with two attached hydrogens (primary N) is 1. The third-order valence-corrected chi connectivity index (χ3v) is 2.97. The molecule has 2 aromatic rings. The maximum Gasteiger partial charge on any atom is 0.276 e. The lowest BCUT2D eigenvalue weighted by Gasteiger charge is -2.03. The summed E-state index contributed by atoms with van der Waals surface area (Å²) in [6.45, 7) is 1.95. The number of pyridine rings is 1. The van der Waals surface area contributed by atoms with E-state index in [4.69, 9.17) is 5.84 Å². The minimum absolute atomic E-state index is 0.466. The van der Waals surface area contributed by atoms with Crippen molar-refractivity contribution in [2.24, 2.45) is 0 Å². The van der Waals surface area contributed by atoms with Crippen LogP contribution in [0.2, 0.25) is 0 Å². The van der Waals surface area contributed by atoms with Gasteiger partial charge in [0, 0.05) is 19.1 Å². The van der Waals surface area contributed by atoms with E-state index in [1.807, 2.05) is 25.3 Å². The summed E-state index contributed by atoms with van der Waals surface area (Å²) in [5.74, 6) is 4.67. The van der Waals surface area contributed by atoms with Gasteiger partial charge in [0.25, 0.3) is 11.4 Å². The minimum Gasteiger partial charge on any atom is -0.868 e. The van der Waals surface area contributed by atoms with Crippen LogP contribution in [0.3, 0.4) is 0 Å². The lowest BCUT2D eigenvalue weighted by molar-refractivity contribution is -0.646. The molecule has 0 spiro atoms. The smallest absolute Gasteiger partial charge is 0.276 e. The number of aryl methyl sites for hydroxylation is 1. The Morgan fingerprint density at radius 1 is 1.14 bits per heavy atom. The van der Waals surface area contributed by atoms with Crippen molar-refractivity contribution in [3.8, 4) is 5.75 Å². The van der Waals surface area contributed by atoms with Gasteiger partial charge in [0.05, 0.1) is 20.4 Å². The number of rotatable bonds is 2. The van der Waals surface area contributed by atoms with Crippen molar-refractivity contribution in [3.63, 3.8) is 0 Å². The molecule has 22 heavy (non-hydrogen) atoms. The summed E-state index contributed by atoms with van der Waals surface area (Å²) in [6, 6.07) is 6.27. The molecule has 1 aromatic heterocycles. The van der Waals surface area contributed by atoms with E-state index in [2.05, 4.69) is 15.9 Å². The molecule has 2 N–H and O–H groups in total. The zero-order chi connectivity index (χ0) is 16.9. The summed E-state index contributed by atoms with van der Waals surface area (Å²) in [5.41, 5.74) is -0.210. The third kappa shape index (κ3) is 4.66. The molecule has 0 saturated heterocycles. The fraction of sp³-hybridized carbons (Fsp3) is 0.0833. The van der Waals surface area contributed by atoms with Crippen LogP contribution in [0.25, 0.3) is 0 Å². The largest absolute Gasteiger partial charge is 0.868 e. The number of aromatic nitrogens is 1. The molecule has 1 heterocycles. The van der Waals surface area contributed by atoms with Crippen LogP contribution in [0.4, 0.5) is 11.4 Å². The quantitative estimate of drug-likeness (QED) is 0.366. The van der Waals surface area contributed by atoms with Crippen LogP contribution in [0.15, 0.2) is 41.0 Å². The van der Waals surface area contributed by atoms with Crippen LogP contribution in [-0.4, -0.2) is 9.85 Å². The Kier molecular flexibility index (Phi) is 5.75.